The van der Waals surface area contributed by atoms with E-state index in [1.54, 1.807) is 30.6 Å². The minimum Gasteiger partial charge on any atom is -0.496 e. The van der Waals surface area contributed by atoms with Crippen LogP contribution in [0, 0.1) is 5.82 Å². The zero-order valence-electron chi connectivity index (χ0n) is 11.5. The summed E-state index contributed by atoms with van der Waals surface area (Å²) in [7, 11) is 1.45. The van der Waals surface area contributed by atoms with Crippen LogP contribution < -0.4 is 4.74 Å². The number of ether oxygens (including phenoxy) is 1. The van der Waals surface area contributed by atoms with Crippen LogP contribution in [-0.2, 0) is 0 Å². The number of fused-ring (bicyclic) bond motifs is 1. The van der Waals surface area contributed by atoms with Crippen LogP contribution in [-0.4, -0.2) is 17.2 Å². The number of pyridine rings is 1. The van der Waals surface area contributed by atoms with E-state index in [-0.39, 0.29) is 5.56 Å². The van der Waals surface area contributed by atoms with E-state index in [4.69, 9.17) is 4.74 Å². The fourth-order valence-electron chi connectivity index (χ4n) is 2.49. The zero-order valence-corrected chi connectivity index (χ0v) is 11.5. The Morgan fingerprint density at radius 3 is 2.76 bits per heavy atom. The standard InChI is InChI=1S/C17H14FNO2/c1-21-15-7-3-6-14(18)16(15)17(20)12-5-2-4-11-8-9-19-10-13(11)12/h2-10,17,20H,1H3. The van der Waals surface area contributed by atoms with Gasteiger partial charge in [0.25, 0.3) is 0 Å². The van der Waals surface area contributed by atoms with Crippen molar-refractivity contribution in [2.45, 2.75) is 6.10 Å². The van der Waals surface area contributed by atoms with E-state index in [1.807, 2.05) is 18.2 Å². The van der Waals surface area contributed by atoms with Gasteiger partial charge in [-0.2, -0.15) is 0 Å². The first-order valence-electron chi connectivity index (χ1n) is 6.55. The quantitative estimate of drug-likeness (QED) is 0.800. The highest BCUT2D eigenvalue weighted by atomic mass is 19.1. The van der Waals surface area contributed by atoms with Crippen LogP contribution in [0.25, 0.3) is 10.8 Å². The molecule has 0 aliphatic rings. The number of aromatic nitrogens is 1. The second-order valence-electron chi connectivity index (χ2n) is 4.70. The van der Waals surface area contributed by atoms with Crippen LogP contribution >= 0.6 is 0 Å². The highest BCUT2D eigenvalue weighted by molar-refractivity contribution is 5.85. The topological polar surface area (TPSA) is 42.4 Å². The Morgan fingerprint density at radius 2 is 1.95 bits per heavy atom. The largest absolute Gasteiger partial charge is 0.496 e. The number of aliphatic hydroxyl groups excluding tert-OH is 1. The predicted molar refractivity (Wildman–Crippen MR) is 78.8 cm³/mol. The number of benzene rings is 2. The fraction of sp³-hybridized carbons (Fsp3) is 0.118. The Bertz CT molecular complexity index is 783. The molecule has 1 N–H and O–H groups in total. The van der Waals surface area contributed by atoms with Gasteiger partial charge in [-0.25, -0.2) is 4.39 Å². The molecule has 3 rings (SSSR count). The molecule has 3 aromatic rings. The predicted octanol–water partition coefficient (Wildman–Crippen LogP) is 3.46. The lowest BCUT2D eigenvalue weighted by molar-refractivity contribution is 0.210. The SMILES string of the molecule is COc1cccc(F)c1C(O)c1cccc2ccncc12. The van der Waals surface area contributed by atoms with E-state index in [9.17, 15) is 9.50 Å². The minimum atomic E-state index is -1.12. The Hall–Kier alpha value is -2.46. The first-order valence-corrected chi connectivity index (χ1v) is 6.55. The number of nitrogens with zero attached hydrogens (tertiary/aromatic N) is 1. The smallest absolute Gasteiger partial charge is 0.133 e. The number of hydrogen-bond donors (Lipinski definition) is 1. The lowest BCUT2D eigenvalue weighted by Crippen LogP contribution is -2.06. The number of rotatable bonds is 3. The number of halogens is 1. The van der Waals surface area contributed by atoms with Crippen molar-refractivity contribution in [1.82, 2.24) is 4.98 Å². The van der Waals surface area contributed by atoms with Crippen molar-refractivity contribution in [3.63, 3.8) is 0 Å². The van der Waals surface area contributed by atoms with Crippen LogP contribution in [0.4, 0.5) is 4.39 Å². The van der Waals surface area contributed by atoms with Crippen LogP contribution in [0.1, 0.15) is 17.2 Å². The van der Waals surface area contributed by atoms with Crippen molar-refractivity contribution in [2.24, 2.45) is 0 Å². The maximum absolute atomic E-state index is 14.1. The molecule has 106 valence electrons. The number of aliphatic hydroxyl groups is 1. The van der Waals surface area contributed by atoms with E-state index in [1.165, 1.54) is 13.2 Å². The molecule has 1 unspecified atom stereocenters. The summed E-state index contributed by atoms with van der Waals surface area (Å²) < 4.78 is 19.3. The molecule has 0 spiro atoms. The number of hydrogen-bond acceptors (Lipinski definition) is 3. The van der Waals surface area contributed by atoms with E-state index < -0.39 is 11.9 Å². The van der Waals surface area contributed by atoms with E-state index in [2.05, 4.69) is 4.98 Å². The minimum absolute atomic E-state index is 0.136. The molecular weight excluding hydrogens is 269 g/mol. The van der Waals surface area contributed by atoms with Crippen LogP contribution in [0.5, 0.6) is 5.75 Å². The molecule has 1 atom stereocenters. The molecule has 3 nitrogen and oxygen atoms in total. The lowest BCUT2D eigenvalue weighted by atomic mass is 9.96. The summed E-state index contributed by atoms with van der Waals surface area (Å²) in [4.78, 5) is 4.08. The van der Waals surface area contributed by atoms with Gasteiger partial charge in [-0.1, -0.05) is 24.3 Å². The average Bonchev–Trinajstić information content (AvgIpc) is 2.53. The molecule has 1 aromatic heterocycles. The zero-order chi connectivity index (χ0) is 14.8. The van der Waals surface area contributed by atoms with Gasteiger partial charge in [0.05, 0.1) is 12.7 Å². The number of methoxy groups -OCH3 is 1. The van der Waals surface area contributed by atoms with E-state index >= 15 is 0 Å². The molecule has 0 bridgehead atoms. The van der Waals surface area contributed by atoms with Crippen LogP contribution in [0.2, 0.25) is 0 Å². The highest BCUT2D eigenvalue weighted by Gasteiger charge is 2.21. The third-order valence-electron chi connectivity index (χ3n) is 3.52. The van der Waals surface area contributed by atoms with Crippen LogP contribution in [0.3, 0.4) is 0 Å². The highest BCUT2D eigenvalue weighted by Crippen LogP contribution is 2.34. The van der Waals surface area contributed by atoms with Crippen molar-refractivity contribution >= 4 is 10.8 Å². The van der Waals surface area contributed by atoms with Gasteiger partial charge < -0.3 is 9.84 Å². The van der Waals surface area contributed by atoms with E-state index in [0.717, 1.165) is 10.8 Å². The maximum Gasteiger partial charge on any atom is 0.133 e. The molecule has 0 radical (unpaired) electrons. The third-order valence-corrected chi connectivity index (χ3v) is 3.52. The van der Waals surface area contributed by atoms with Gasteiger partial charge >= 0.3 is 0 Å². The summed E-state index contributed by atoms with van der Waals surface area (Å²) in [6.45, 7) is 0. The molecule has 21 heavy (non-hydrogen) atoms. The molecule has 0 aliphatic heterocycles. The van der Waals surface area contributed by atoms with Gasteiger partial charge in [-0.05, 0) is 29.1 Å². The molecular formula is C17H14FNO2. The first kappa shape index (κ1) is 13.5. The summed E-state index contributed by atoms with van der Waals surface area (Å²) >= 11 is 0. The molecule has 0 saturated heterocycles. The van der Waals surface area contributed by atoms with Gasteiger partial charge in [0.1, 0.15) is 17.7 Å². The van der Waals surface area contributed by atoms with Crippen molar-refractivity contribution < 1.29 is 14.2 Å². The molecule has 0 saturated carbocycles. The molecule has 0 aliphatic carbocycles. The van der Waals surface area contributed by atoms with E-state index in [0.29, 0.717) is 11.3 Å². The molecule has 4 heteroatoms. The summed E-state index contributed by atoms with van der Waals surface area (Å²) in [5.41, 5.74) is 0.736. The normalized spacial score (nSPS) is 12.3. The molecule has 0 amide bonds. The molecule has 2 aromatic carbocycles. The summed E-state index contributed by atoms with van der Waals surface area (Å²) in [5.74, 6) is -0.175. The Balaban J connectivity index is 2.20. The summed E-state index contributed by atoms with van der Waals surface area (Å²) in [6.07, 6.45) is 2.23. The van der Waals surface area contributed by atoms with Gasteiger partial charge in [0.2, 0.25) is 0 Å². The van der Waals surface area contributed by atoms with Gasteiger partial charge in [-0.15, -0.1) is 0 Å². The first-order chi connectivity index (χ1) is 10.2. The third kappa shape index (κ3) is 2.34. The monoisotopic (exact) mass is 283 g/mol. The second-order valence-corrected chi connectivity index (χ2v) is 4.70. The second kappa shape index (κ2) is 5.50. The van der Waals surface area contributed by atoms with Gasteiger partial charge in [0, 0.05) is 17.8 Å². The lowest BCUT2D eigenvalue weighted by Gasteiger charge is -2.17. The van der Waals surface area contributed by atoms with Gasteiger partial charge in [0.15, 0.2) is 0 Å². The van der Waals surface area contributed by atoms with Crippen molar-refractivity contribution in [3.8, 4) is 5.75 Å². The van der Waals surface area contributed by atoms with Crippen LogP contribution in [0.15, 0.2) is 54.9 Å². The molecule has 1 heterocycles. The summed E-state index contributed by atoms with van der Waals surface area (Å²) in [5, 5.41) is 12.4. The Morgan fingerprint density at radius 1 is 1.14 bits per heavy atom. The Kier molecular flexibility index (Phi) is 3.54. The maximum atomic E-state index is 14.1. The Labute approximate surface area is 121 Å². The molecule has 0 fully saturated rings. The fourth-order valence-corrected chi connectivity index (χ4v) is 2.49. The van der Waals surface area contributed by atoms with Crippen molar-refractivity contribution in [1.29, 1.82) is 0 Å². The summed E-state index contributed by atoms with van der Waals surface area (Å²) in [6, 6.07) is 11.9. The van der Waals surface area contributed by atoms with Crippen molar-refractivity contribution in [3.05, 3.63) is 71.8 Å². The van der Waals surface area contributed by atoms with Gasteiger partial charge in [-0.3, -0.25) is 4.98 Å². The van der Waals surface area contributed by atoms with Crippen molar-refractivity contribution in [2.75, 3.05) is 7.11 Å². The average molecular weight is 283 g/mol.